The first-order valence-corrected chi connectivity index (χ1v) is 6.61. The quantitative estimate of drug-likeness (QED) is 0.468. The zero-order valence-corrected chi connectivity index (χ0v) is 11.2. The lowest BCUT2D eigenvalue weighted by atomic mass is 9.91. The Labute approximate surface area is 118 Å². The van der Waals surface area contributed by atoms with E-state index in [2.05, 4.69) is 6.58 Å². The zero-order valence-electron chi connectivity index (χ0n) is 11.2. The van der Waals surface area contributed by atoms with Crippen molar-refractivity contribution in [2.24, 2.45) is 5.92 Å². The van der Waals surface area contributed by atoms with Gasteiger partial charge in [0, 0.05) is 12.5 Å². The summed E-state index contributed by atoms with van der Waals surface area (Å²) in [6.07, 6.45) is 2.94. The van der Waals surface area contributed by atoms with E-state index < -0.39 is 0 Å². The molecule has 0 aromatic heterocycles. The highest BCUT2D eigenvalue weighted by Gasteiger charge is 2.32. The second kappa shape index (κ2) is 6.85. The fraction of sp³-hybridized carbons (Fsp3) is 0.312. The highest BCUT2D eigenvalue weighted by Crippen LogP contribution is 2.24. The number of hydrogen-bond donors (Lipinski definition) is 0. The van der Waals surface area contributed by atoms with Crippen molar-refractivity contribution in [1.29, 1.82) is 0 Å². The highest BCUT2D eigenvalue weighted by atomic mass is 16.7. The summed E-state index contributed by atoms with van der Waals surface area (Å²) >= 11 is 0. The van der Waals surface area contributed by atoms with E-state index in [1.54, 1.807) is 12.0 Å². The molecule has 104 valence electrons. The third kappa shape index (κ3) is 3.23. The van der Waals surface area contributed by atoms with Crippen LogP contribution in [0.25, 0.3) is 0 Å². The summed E-state index contributed by atoms with van der Waals surface area (Å²) in [6, 6.07) is 9.60. The molecule has 1 aromatic rings. The Morgan fingerprint density at radius 1 is 1.40 bits per heavy atom. The van der Waals surface area contributed by atoms with Gasteiger partial charge in [0.05, 0.1) is 6.61 Å². The number of hydrogen-bond acceptors (Lipinski definition) is 4. The average Bonchev–Trinajstić information content (AvgIpc) is 2.49. The molecule has 4 heteroatoms. The van der Waals surface area contributed by atoms with Gasteiger partial charge >= 0.3 is 0 Å². The number of rotatable bonds is 5. The monoisotopic (exact) mass is 271 g/mol. The maximum absolute atomic E-state index is 12.1. The molecule has 1 aromatic carbocycles. The van der Waals surface area contributed by atoms with E-state index in [9.17, 15) is 9.59 Å². The molecule has 0 amide bonds. The van der Waals surface area contributed by atoms with Crippen LogP contribution < -0.4 is 0 Å². The molecular weight excluding hydrogens is 254 g/mol. The van der Waals surface area contributed by atoms with Crippen LogP contribution in [0.4, 0.5) is 0 Å². The summed E-state index contributed by atoms with van der Waals surface area (Å²) in [4.78, 5) is 28.7. The number of ketones is 1. The van der Waals surface area contributed by atoms with E-state index in [-0.39, 0.29) is 17.4 Å². The van der Waals surface area contributed by atoms with Gasteiger partial charge in [0.1, 0.15) is 0 Å². The first-order chi connectivity index (χ1) is 9.76. The minimum Gasteiger partial charge on any atom is -0.291 e. The summed E-state index contributed by atoms with van der Waals surface area (Å²) < 4.78 is 0. The molecular formula is C16H17NO3. The van der Waals surface area contributed by atoms with Gasteiger partial charge in [0.15, 0.2) is 17.4 Å². The van der Waals surface area contributed by atoms with Crippen LogP contribution in [-0.4, -0.2) is 23.3 Å². The van der Waals surface area contributed by atoms with Crippen molar-refractivity contribution in [2.45, 2.75) is 19.4 Å². The predicted molar refractivity (Wildman–Crippen MR) is 75.1 cm³/mol. The van der Waals surface area contributed by atoms with Gasteiger partial charge in [0.2, 0.25) is 0 Å². The molecule has 1 heterocycles. The average molecular weight is 271 g/mol. The molecule has 2 rings (SSSR count). The Bertz CT molecular complexity index is 532. The number of piperidine rings is 1. The Kier molecular flexibility index (Phi) is 4.88. The molecule has 0 radical (unpaired) electrons. The number of carbonyl (C=O) groups is 1. The maximum atomic E-state index is 12.1. The van der Waals surface area contributed by atoms with Crippen LogP contribution in [0.3, 0.4) is 0 Å². The summed E-state index contributed by atoms with van der Waals surface area (Å²) in [5, 5.41) is 1.36. The largest absolute Gasteiger partial charge is 0.291 e. The second-order valence-electron chi connectivity index (χ2n) is 4.69. The van der Waals surface area contributed by atoms with Gasteiger partial charge in [-0.3, -0.25) is 9.63 Å². The number of carbonyl (C=O) groups excluding carboxylic acids is 2. The Morgan fingerprint density at radius 3 is 2.80 bits per heavy atom. The molecule has 0 N–H and O–H groups in total. The lowest BCUT2D eigenvalue weighted by Crippen LogP contribution is -2.39. The van der Waals surface area contributed by atoms with Crippen LogP contribution in [0.15, 0.2) is 48.7 Å². The van der Waals surface area contributed by atoms with Crippen LogP contribution in [0.5, 0.6) is 0 Å². The van der Waals surface area contributed by atoms with E-state index in [4.69, 9.17) is 4.84 Å². The number of allylic oxidation sites excluding steroid dienone is 2. The maximum Gasteiger partial charge on any atom is 0.195 e. The minimum absolute atomic E-state index is 0.0148. The molecule has 20 heavy (non-hydrogen) atoms. The molecule has 1 fully saturated rings. The van der Waals surface area contributed by atoms with Crippen LogP contribution in [0, 0.1) is 5.92 Å². The first-order valence-electron chi connectivity index (χ1n) is 6.61. The normalized spacial score (nSPS) is 18.8. The third-order valence-electron chi connectivity index (χ3n) is 3.31. The Morgan fingerprint density at radius 2 is 2.15 bits per heavy atom. The van der Waals surface area contributed by atoms with Crippen LogP contribution in [0.1, 0.15) is 18.4 Å². The van der Waals surface area contributed by atoms with Crippen molar-refractivity contribution in [3.8, 4) is 0 Å². The summed E-state index contributed by atoms with van der Waals surface area (Å²) in [6.45, 7) is 4.47. The number of nitrogens with zero attached hydrogens (tertiary/aromatic N) is 1. The standard InChI is InChI=1S/C16H17NO3/c1-2-6-14-9-10-17(15(11-18)16(14)19)20-12-13-7-4-3-5-8-13/h2-5,7-8,14H,1,6,9-10,12H2. The predicted octanol–water partition coefficient (Wildman–Crippen LogP) is 2.30. The summed E-state index contributed by atoms with van der Waals surface area (Å²) in [7, 11) is 0. The van der Waals surface area contributed by atoms with Gasteiger partial charge in [-0.2, -0.15) is 0 Å². The van der Waals surface area contributed by atoms with Crippen LogP contribution in [-0.2, 0) is 21.0 Å². The van der Waals surface area contributed by atoms with Crippen molar-refractivity contribution in [3.05, 3.63) is 54.2 Å². The van der Waals surface area contributed by atoms with E-state index in [1.165, 1.54) is 5.06 Å². The van der Waals surface area contributed by atoms with Crippen molar-refractivity contribution < 1.29 is 14.4 Å². The van der Waals surface area contributed by atoms with Gasteiger partial charge in [-0.1, -0.05) is 36.4 Å². The lowest BCUT2D eigenvalue weighted by Gasteiger charge is -2.31. The Balaban J connectivity index is 2.01. The van der Waals surface area contributed by atoms with Gasteiger partial charge in [-0.05, 0) is 18.4 Å². The van der Waals surface area contributed by atoms with Gasteiger partial charge in [0.25, 0.3) is 0 Å². The van der Waals surface area contributed by atoms with E-state index in [1.807, 2.05) is 30.3 Å². The fourth-order valence-electron chi connectivity index (χ4n) is 2.22. The molecule has 0 saturated carbocycles. The van der Waals surface area contributed by atoms with E-state index in [0.29, 0.717) is 26.0 Å². The molecule has 1 aliphatic heterocycles. The molecule has 0 aliphatic carbocycles. The number of Topliss-reactive ketones (excluding diaryl/α,β-unsaturated/α-hetero) is 1. The molecule has 0 spiro atoms. The molecule has 1 unspecified atom stereocenters. The van der Waals surface area contributed by atoms with Gasteiger partial charge in [-0.25, -0.2) is 9.86 Å². The molecule has 1 atom stereocenters. The van der Waals surface area contributed by atoms with Crippen LogP contribution >= 0.6 is 0 Å². The van der Waals surface area contributed by atoms with Crippen molar-refractivity contribution >= 4 is 11.7 Å². The molecule has 1 saturated heterocycles. The highest BCUT2D eigenvalue weighted by molar-refractivity contribution is 6.03. The number of hydroxylamine groups is 2. The summed E-state index contributed by atoms with van der Waals surface area (Å²) in [5.74, 6) is 1.32. The molecule has 1 aliphatic rings. The third-order valence-corrected chi connectivity index (χ3v) is 3.31. The van der Waals surface area contributed by atoms with E-state index >= 15 is 0 Å². The minimum atomic E-state index is -0.209. The van der Waals surface area contributed by atoms with Crippen LogP contribution in [0.2, 0.25) is 0 Å². The first kappa shape index (κ1) is 14.3. The van der Waals surface area contributed by atoms with Gasteiger partial charge in [-0.15, -0.1) is 6.58 Å². The topological polar surface area (TPSA) is 46.6 Å². The Hall–Kier alpha value is -2.16. The fourth-order valence-corrected chi connectivity index (χ4v) is 2.22. The smallest absolute Gasteiger partial charge is 0.195 e. The SMILES string of the molecule is C=CCC1CCN(OCc2ccccc2)C(=C=O)C1=O. The van der Waals surface area contributed by atoms with E-state index in [0.717, 1.165) is 5.56 Å². The van der Waals surface area contributed by atoms with Crippen molar-refractivity contribution in [3.63, 3.8) is 0 Å². The second-order valence-corrected chi connectivity index (χ2v) is 4.69. The molecule has 4 nitrogen and oxygen atoms in total. The van der Waals surface area contributed by atoms with Crippen molar-refractivity contribution in [1.82, 2.24) is 5.06 Å². The zero-order chi connectivity index (χ0) is 14.4. The summed E-state index contributed by atoms with van der Waals surface area (Å²) in [5.41, 5.74) is 0.970. The molecule has 0 bridgehead atoms. The van der Waals surface area contributed by atoms with Gasteiger partial charge < -0.3 is 0 Å². The van der Waals surface area contributed by atoms with Crippen molar-refractivity contribution in [2.75, 3.05) is 6.54 Å². The lowest BCUT2D eigenvalue weighted by molar-refractivity contribution is -0.164. The number of benzene rings is 1.